The molecule has 0 fully saturated rings. The highest BCUT2D eigenvalue weighted by Gasteiger charge is 2.10. The zero-order valence-electron chi connectivity index (χ0n) is 4.99. The predicted molar refractivity (Wildman–Crippen MR) is 38.6 cm³/mol. The van der Waals surface area contributed by atoms with E-state index in [0.717, 1.165) is 0 Å². The van der Waals surface area contributed by atoms with Gasteiger partial charge in [0.25, 0.3) is 0 Å². The van der Waals surface area contributed by atoms with Gasteiger partial charge < -0.3 is 0 Å². The van der Waals surface area contributed by atoms with E-state index in [1.807, 2.05) is 24.4 Å². The zero-order valence-corrected chi connectivity index (χ0v) is 4.99. The minimum atomic E-state index is 0.329. The van der Waals surface area contributed by atoms with Crippen molar-refractivity contribution in [2.24, 2.45) is 4.99 Å². The van der Waals surface area contributed by atoms with Crippen LogP contribution in [0.25, 0.3) is 0 Å². The molecule has 2 rings (SSSR count). The number of aliphatic imine (C=N–C) groups is 1. The summed E-state index contributed by atoms with van der Waals surface area (Å²) in [5.41, 5.74) is 1.30. The highest BCUT2D eigenvalue weighted by Crippen LogP contribution is 2.17. The van der Waals surface area contributed by atoms with Crippen molar-refractivity contribution >= 4 is 6.21 Å². The molecule has 0 aromatic heterocycles. The van der Waals surface area contributed by atoms with Crippen molar-refractivity contribution in [1.82, 2.24) is 0 Å². The Labute approximate surface area is 54.1 Å². The summed E-state index contributed by atoms with van der Waals surface area (Å²) in [6, 6.07) is 0.329. The van der Waals surface area contributed by atoms with Crippen LogP contribution in [0.2, 0.25) is 0 Å². The highest BCUT2D eigenvalue weighted by atomic mass is 14.8. The fraction of sp³-hybridized carbons (Fsp3) is 0.125. The minimum Gasteiger partial charge on any atom is -0.281 e. The van der Waals surface area contributed by atoms with E-state index in [4.69, 9.17) is 0 Å². The van der Waals surface area contributed by atoms with E-state index in [1.165, 1.54) is 5.57 Å². The minimum absolute atomic E-state index is 0.329. The van der Waals surface area contributed by atoms with Crippen LogP contribution in [0.15, 0.2) is 40.9 Å². The topological polar surface area (TPSA) is 12.4 Å². The lowest BCUT2D eigenvalue weighted by Gasteiger charge is -2.05. The summed E-state index contributed by atoms with van der Waals surface area (Å²) in [6.45, 7) is 0. The van der Waals surface area contributed by atoms with Gasteiger partial charge in [0.05, 0.1) is 6.04 Å². The Hall–Kier alpha value is -1.11. The van der Waals surface area contributed by atoms with E-state index in [-0.39, 0.29) is 0 Å². The molecule has 1 nitrogen and oxygen atoms in total. The summed E-state index contributed by atoms with van der Waals surface area (Å²) in [7, 11) is 0. The highest BCUT2D eigenvalue weighted by molar-refractivity contribution is 5.78. The summed E-state index contributed by atoms with van der Waals surface area (Å²) < 4.78 is 0. The summed E-state index contributed by atoms with van der Waals surface area (Å²) >= 11 is 0. The molecular formula is C8H7N. The second kappa shape index (κ2) is 1.69. The van der Waals surface area contributed by atoms with Crippen molar-refractivity contribution < 1.29 is 0 Å². The fourth-order valence-corrected chi connectivity index (χ4v) is 1.06. The molecule has 0 aromatic carbocycles. The third-order valence-corrected chi connectivity index (χ3v) is 1.55. The largest absolute Gasteiger partial charge is 0.281 e. The van der Waals surface area contributed by atoms with Crippen LogP contribution >= 0.6 is 0 Å². The average molecular weight is 117 g/mol. The van der Waals surface area contributed by atoms with Crippen LogP contribution in [0, 0.1) is 0 Å². The first kappa shape index (κ1) is 4.74. The first-order chi connectivity index (χ1) is 4.47. The Kier molecular flexibility index (Phi) is 0.890. The third-order valence-electron chi connectivity index (χ3n) is 1.55. The first-order valence-electron chi connectivity index (χ1n) is 3.05. The van der Waals surface area contributed by atoms with E-state index >= 15 is 0 Å². The Bertz CT molecular complexity index is 231. The molecule has 0 saturated heterocycles. The number of fused-ring (bicyclic) bond motifs is 1. The van der Waals surface area contributed by atoms with E-state index < -0.39 is 0 Å². The van der Waals surface area contributed by atoms with Crippen molar-refractivity contribution in [1.29, 1.82) is 0 Å². The summed E-state index contributed by atoms with van der Waals surface area (Å²) in [6.07, 6.45) is 12.2. The Morgan fingerprint density at radius 1 is 1.33 bits per heavy atom. The Morgan fingerprint density at radius 3 is 3.22 bits per heavy atom. The average Bonchev–Trinajstić information content (AvgIpc) is 2.33. The molecule has 44 valence electrons. The van der Waals surface area contributed by atoms with Crippen molar-refractivity contribution in [2.75, 3.05) is 0 Å². The van der Waals surface area contributed by atoms with Gasteiger partial charge in [-0.1, -0.05) is 24.3 Å². The third kappa shape index (κ3) is 0.653. The summed E-state index contributed by atoms with van der Waals surface area (Å²) in [4.78, 5) is 4.20. The Morgan fingerprint density at radius 2 is 2.33 bits per heavy atom. The maximum atomic E-state index is 4.20. The quantitative estimate of drug-likeness (QED) is 0.456. The number of hydrogen-bond donors (Lipinski definition) is 0. The van der Waals surface area contributed by atoms with Crippen molar-refractivity contribution in [3.63, 3.8) is 0 Å². The van der Waals surface area contributed by atoms with Gasteiger partial charge in [-0.2, -0.15) is 0 Å². The molecule has 0 N–H and O–H groups in total. The van der Waals surface area contributed by atoms with Crippen LogP contribution in [-0.2, 0) is 0 Å². The number of allylic oxidation sites excluding steroid dienone is 3. The second-order valence-corrected chi connectivity index (χ2v) is 2.15. The van der Waals surface area contributed by atoms with Crippen LogP contribution in [0.3, 0.4) is 0 Å². The van der Waals surface area contributed by atoms with Gasteiger partial charge in [-0.3, -0.25) is 4.99 Å². The van der Waals surface area contributed by atoms with Crippen LogP contribution in [0.4, 0.5) is 0 Å². The van der Waals surface area contributed by atoms with Gasteiger partial charge in [0, 0.05) is 6.21 Å². The van der Waals surface area contributed by atoms with Gasteiger partial charge in [-0.15, -0.1) is 0 Å². The Balaban J connectivity index is 2.40. The fourth-order valence-electron chi connectivity index (χ4n) is 1.06. The van der Waals surface area contributed by atoms with Crippen LogP contribution in [0.5, 0.6) is 0 Å². The molecule has 0 spiro atoms. The molecule has 1 aliphatic carbocycles. The molecule has 1 aliphatic heterocycles. The molecule has 0 radical (unpaired) electrons. The molecule has 2 aliphatic rings. The van der Waals surface area contributed by atoms with Crippen molar-refractivity contribution in [3.05, 3.63) is 36.0 Å². The smallest absolute Gasteiger partial charge is 0.0933 e. The maximum Gasteiger partial charge on any atom is 0.0933 e. The zero-order chi connectivity index (χ0) is 6.10. The summed E-state index contributed by atoms with van der Waals surface area (Å²) in [5, 5.41) is 0. The van der Waals surface area contributed by atoms with Gasteiger partial charge in [0.2, 0.25) is 0 Å². The van der Waals surface area contributed by atoms with E-state index in [2.05, 4.69) is 17.1 Å². The molecule has 1 heterocycles. The lowest BCUT2D eigenvalue weighted by Crippen LogP contribution is -2.00. The lowest BCUT2D eigenvalue weighted by atomic mass is 10.1. The molecule has 0 saturated carbocycles. The SMILES string of the molecule is C1=CC2=CC=NC2C=C1. The van der Waals surface area contributed by atoms with Gasteiger partial charge in [0.1, 0.15) is 0 Å². The van der Waals surface area contributed by atoms with Gasteiger partial charge in [0.15, 0.2) is 0 Å². The second-order valence-electron chi connectivity index (χ2n) is 2.15. The molecule has 1 heteroatoms. The van der Waals surface area contributed by atoms with E-state index in [0.29, 0.717) is 6.04 Å². The first-order valence-corrected chi connectivity index (χ1v) is 3.05. The number of rotatable bonds is 0. The normalized spacial score (nSPS) is 28.4. The maximum absolute atomic E-state index is 4.20. The standard InChI is InChI=1S/C8H7N/c1-2-4-8-7(3-1)5-6-9-8/h1-6,8H. The van der Waals surface area contributed by atoms with Gasteiger partial charge in [-0.25, -0.2) is 0 Å². The number of hydrogen-bond acceptors (Lipinski definition) is 1. The van der Waals surface area contributed by atoms with Crippen LogP contribution in [-0.4, -0.2) is 12.3 Å². The monoisotopic (exact) mass is 117 g/mol. The van der Waals surface area contributed by atoms with E-state index in [9.17, 15) is 0 Å². The van der Waals surface area contributed by atoms with Crippen LogP contribution < -0.4 is 0 Å². The number of nitrogens with zero attached hydrogens (tertiary/aromatic N) is 1. The summed E-state index contributed by atoms with van der Waals surface area (Å²) in [5.74, 6) is 0. The molecular weight excluding hydrogens is 110 g/mol. The molecule has 0 aromatic rings. The molecule has 0 bridgehead atoms. The lowest BCUT2D eigenvalue weighted by molar-refractivity contribution is 1.00. The van der Waals surface area contributed by atoms with Crippen LogP contribution in [0.1, 0.15) is 0 Å². The molecule has 0 amide bonds. The molecule has 1 atom stereocenters. The predicted octanol–water partition coefficient (Wildman–Crippen LogP) is 1.49. The van der Waals surface area contributed by atoms with Crippen molar-refractivity contribution in [2.45, 2.75) is 6.04 Å². The van der Waals surface area contributed by atoms with Crippen molar-refractivity contribution in [3.8, 4) is 0 Å². The van der Waals surface area contributed by atoms with Gasteiger partial charge >= 0.3 is 0 Å². The van der Waals surface area contributed by atoms with Gasteiger partial charge in [-0.05, 0) is 11.6 Å². The molecule has 1 unspecified atom stereocenters. The van der Waals surface area contributed by atoms with E-state index in [1.54, 1.807) is 0 Å². The molecule has 9 heavy (non-hydrogen) atoms.